The van der Waals surface area contributed by atoms with Crippen molar-refractivity contribution >= 4 is 17.3 Å². The van der Waals surface area contributed by atoms with Crippen molar-refractivity contribution in [3.63, 3.8) is 0 Å². The molecule has 0 atom stereocenters. The molecule has 0 aromatic carbocycles. The van der Waals surface area contributed by atoms with Crippen LogP contribution in [0.3, 0.4) is 0 Å². The maximum absolute atomic E-state index is 10.5. The summed E-state index contributed by atoms with van der Waals surface area (Å²) < 4.78 is 5.37. The fourth-order valence-electron chi connectivity index (χ4n) is 2.14. The molecule has 18 heavy (non-hydrogen) atoms. The first-order valence-electron chi connectivity index (χ1n) is 5.89. The fourth-order valence-corrected chi connectivity index (χ4v) is 3.11. The van der Waals surface area contributed by atoms with Crippen molar-refractivity contribution in [2.45, 2.75) is 32.9 Å². The number of hydrogen-bond donors (Lipinski definition) is 1. The van der Waals surface area contributed by atoms with E-state index < -0.39 is 5.97 Å². The van der Waals surface area contributed by atoms with Gasteiger partial charge in [0.25, 0.3) is 0 Å². The second-order valence-corrected chi connectivity index (χ2v) is 6.31. The predicted molar refractivity (Wildman–Crippen MR) is 68.9 cm³/mol. The summed E-state index contributed by atoms with van der Waals surface area (Å²) in [6.45, 7) is 8.17. The molecule has 0 bridgehead atoms. The molecule has 6 heteroatoms. The maximum atomic E-state index is 10.5. The molecule has 100 valence electrons. The van der Waals surface area contributed by atoms with Crippen molar-refractivity contribution in [2.24, 2.45) is 0 Å². The molecule has 5 nitrogen and oxygen atoms in total. The summed E-state index contributed by atoms with van der Waals surface area (Å²) in [6.07, 6.45) is 0. The van der Waals surface area contributed by atoms with E-state index in [1.165, 1.54) is 4.88 Å². The lowest BCUT2D eigenvalue weighted by Crippen LogP contribution is -2.61. The molecule has 0 saturated carbocycles. The van der Waals surface area contributed by atoms with Crippen LogP contribution in [0.5, 0.6) is 0 Å². The van der Waals surface area contributed by atoms with Gasteiger partial charge in [0.05, 0.1) is 17.8 Å². The lowest BCUT2D eigenvalue weighted by Gasteiger charge is -2.47. The molecular weight excluding hydrogens is 252 g/mol. The first-order valence-corrected chi connectivity index (χ1v) is 6.71. The maximum Gasteiger partial charge on any atom is 0.329 e. The first-order chi connectivity index (χ1) is 8.38. The minimum Gasteiger partial charge on any atom is -0.480 e. The molecule has 0 radical (unpaired) electrons. The summed E-state index contributed by atoms with van der Waals surface area (Å²) in [5.41, 5.74) is 0.778. The highest BCUT2D eigenvalue weighted by molar-refractivity contribution is 7.11. The summed E-state index contributed by atoms with van der Waals surface area (Å²) in [5, 5.41) is 9.70. The summed E-state index contributed by atoms with van der Waals surface area (Å²) >= 11 is 1.72. The van der Waals surface area contributed by atoms with Crippen molar-refractivity contribution in [1.82, 2.24) is 9.88 Å². The van der Waals surface area contributed by atoms with Gasteiger partial charge in [-0.2, -0.15) is 0 Å². The Morgan fingerprint density at radius 1 is 1.56 bits per heavy atom. The van der Waals surface area contributed by atoms with E-state index in [1.807, 2.05) is 13.8 Å². The van der Waals surface area contributed by atoms with E-state index in [2.05, 4.69) is 16.8 Å². The third-order valence-corrected chi connectivity index (χ3v) is 4.15. The zero-order valence-corrected chi connectivity index (χ0v) is 11.7. The van der Waals surface area contributed by atoms with E-state index in [1.54, 1.807) is 11.3 Å². The van der Waals surface area contributed by atoms with Crippen LogP contribution in [0.2, 0.25) is 0 Å². The predicted octanol–water partition coefficient (Wildman–Crippen LogP) is 1.44. The average molecular weight is 270 g/mol. The van der Waals surface area contributed by atoms with E-state index in [9.17, 15) is 4.79 Å². The van der Waals surface area contributed by atoms with Crippen LogP contribution in [0.4, 0.5) is 0 Å². The molecule has 0 spiro atoms. The van der Waals surface area contributed by atoms with Crippen molar-refractivity contribution in [2.75, 3.05) is 19.7 Å². The highest BCUT2D eigenvalue weighted by Crippen LogP contribution is 2.27. The molecule has 1 fully saturated rings. The number of carbonyl (C=O) groups is 1. The smallest absolute Gasteiger partial charge is 0.329 e. The van der Waals surface area contributed by atoms with Gasteiger partial charge in [0.15, 0.2) is 0 Å². The van der Waals surface area contributed by atoms with E-state index in [4.69, 9.17) is 9.84 Å². The highest BCUT2D eigenvalue weighted by atomic mass is 32.1. The lowest BCUT2D eigenvalue weighted by molar-refractivity contribution is -0.165. The zero-order chi connectivity index (χ0) is 13.3. The number of carboxylic acid groups (broad SMARTS) is 1. The SMILES string of the molecule is Cc1nc(CN2CC(C)(OCC(=O)O)C2)sc1C. The van der Waals surface area contributed by atoms with Crippen molar-refractivity contribution in [3.8, 4) is 0 Å². The Morgan fingerprint density at radius 3 is 2.72 bits per heavy atom. The molecule has 1 aromatic rings. The van der Waals surface area contributed by atoms with Crippen LogP contribution in [0, 0.1) is 13.8 Å². The normalized spacial score (nSPS) is 18.6. The number of aryl methyl sites for hydroxylation is 2. The van der Waals surface area contributed by atoms with E-state index >= 15 is 0 Å². The molecule has 1 N–H and O–H groups in total. The Labute approximate surface area is 110 Å². The number of carboxylic acids is 1. The van der Waals surface area contributed by atoms with Crippen LogP contribution in [0.25, 0.3) is 0 Å². The standard InChI is InChI=1S/C12H18N2O3S/c1-8-9(2)18-10(13-8)4-14-6-12(3,7-14)17-5-11(15)16/h4-7H2,1-3H3,(H,15,16). The second kappa shape index (κ2) is 4.95. The van der Waals surface area contributed by atoms with Crippen molar-refractivity contribution < 1.29 is 14.6 Å². The average Bonchev–Trinajstić information content (AvgIpc) is 2.53. The summed E-state index contributed by atoms with van der Waals surface area (Å²) in [4.78, 5) is 18.4. The minimum absolute atomic E-state index is 0.222. The first kappa shape index (κ1) is 13.5. The van der Waals surface area contributed by atoms with Gasteiger partial charge in [-0.3, -0.25) is 4.90 Å². The van der Waals surface area contributed by atoms with Gasteiger partial charge in [0.2, 0.25) is 0 Å². The van der Waals surface area contributed by atoms with Crippen LogP contribution in [-0.4, -0.2) is 46.3 Å². The Bertz CT molecular complexity index is 433. The lowest BCUT2D eigenvalue weighted by atomic mass is 9.96. The number of likely N-dealkylation sites (tertiary alicyclic amines) is 1. The van der Waals surface area contributed by atoms with Crippen LogP contribution >= 0.6 is 11.3 Å². The van der Waals surface area contributed by atoms with Gasteiger partial charge >= 0.3 is 5.97 Å². The van der Waals surface area contributed by atoms with Crippen LogP contribution < -0.4 is 0 Å². The molecule has 0 amide bonds. The molecule has 1 saturated heterocycles. The Kier molecular flexibility index (Phi) is 3.70. The highest BCUT2D eigenvalue weighted by Gasteiger charge is 2.40. The molecule has 2 rings (SSSR count). The van der Waals surface area contributed by atoms with Gasteiger partial charge in [-0.1, -0.05) is 0 Å². The topological polar surface area (TPSA) is 62.7 Å². The van der Waals surface area contributed by atoms with E-state index in [0.29, 0.717) is 0 Å². The Hall–Kier alpha value is -0.980. The van der Waals surface area contributed by atoms with Crippen LogP contribution in [-0.2, 0) is 16.1 Å². The van der Waals surface area contributed by atoms with Crippen molar-refractivity contribution in [1.29, 1.82) is 0 Å². The molecule has 0 unspecified atom stereocenters. The number of aliphatic carboxylic acids is 1. The molecule has 2 heterocycles. The number of thiazole rings is 1. The third kappa shape index (κ3) is 3.07. The second-order valence-electron chi connectivity index (χ2n) is 5.03. The number of aromatic nitrogens is 1. The molecule has 1 aliphatic rings. The van der Waals surface area contributed by atoms with Crippen molar-refractivity contribution in [3.05, 3.63) is 15.6 Å². The quantitative estimate of drug-likeness (QED) is 0.877. The number of ether oxygens (including phenoxy) is 1. The van der Waals surface area contributed by atoms with Crippen LogP contribution in [0.15, 0.2) is 0 Å². The molecular formula is C12H18N2O3S. The van der Waals surface area contributed by atoms with Gasteiger partial charge in [-0.15, -0.1) is 11.3 Å². The molecule has 0 aliphatic carbocycles. The van der Waals surface area contributed by atoms with Gasteiger partial charge in [-0.25, -0.2) is 9.78 Å². The number of hydrogen-bond acceptors (Lipinski definition) is 5. The molecule has 1 aliphatic heterocycles. The monoisotopic (exact) mass is 270 g/mol. The van der Waals surface area contributed by atoms with Crippen LogP contribution in [0.1, 0.15) is 22.5 Å². The van der Waals surface area contributed by atoms with Gasteiger partial charge in [-0.05, 0) is 20.8 Å². The largest absolute Gasteiger partial charge is 0.480 e. The van der Waals surface area contributed by atoms with Gasteiger partial charge < -0.3 is 9.84 Å². The summed E-state index contributed by atoms with van der Waals surface area (Å²) in [7, 11) is 0. The number of nitrogens with zero attached hydrogens (tertiary/aromatic N) is 2. The van der Waals surface area contributed by atoms with Gasteiger partial charge in [0.1, 0.15) is 11.6 Å². The van der Waals surface area contributed by atoms with E-state index in [0.717, 1.165) is 30.3 Å². The number of rotatable bonds is 5. The molecule has 1 aromatic heterocycles. The summed E-state index contributed by atoms with van der Waals surface area (Å²) in [6, 6.07) is 0. The summed E-state index contributed by atoms with van der Waals surface area (Å²) in [5.74, 6) is -0.916. The third-order valence-electron chi connectivity index (χ3n) is 3.09. The minimum atomic E-state index is -0.916. The van der Waals surface area contributed by atoms with Gasteiger partial charge in [0, 0.05) is 18.0 Å². The Balaban J connectivity index is 1.80. The van der Waals surface area contributed by atoms with E-state index in [-0.39, 0.29) is 12.2 Å². The zero-order valence-electron chi connectivity index (χ0n) is 10.9. The Morgan fingerprint density at radius 2 is 2.22 bits per heavy atom. The fraction of sp³-hybridized carbons (Fsp3) is 0.667.